The van der Waals surface area contributed by atoms with Crippen molar-refractivity contribution in [1.29, 1.82) is 0 Å². The van der Waals surface area contributed by atoms with Crippen molar-refractivity contribution < 1.29 is 0 Å². The highest BCUT2D eigenvalue weighted by Gasteiger charge is 2.00. The van der Waals surface area contributed by atoms with E-state index in [1.807, 2.05) is 19.1 Å². The van der Waals surface area contributed by atoms with E-state index in [1.165, 1.54) is 0 Å². The largest absolute Gasteiger partial charge is 0.384 e. The van der Waals surface area contributed by atoms with Gasteiger partial charge in [-0.1, -0.05) is 0 Å². The molecule has 0 aliphatic carbocycles. The summed E-state index contributed by atoms with van der Waals surface area (Å²) in [6, 6.07) is 5.45. The van der Waals surface area contributed by atoms with Crippen LogP contribution in [-0.2, 0) is 0 Å². The molecule has 0 radical (unpaired) electrons. The second-order valence-corrected chi connectivity index (χ2v) is 2.99. The van der Waals surface area contributed by atoms with Crippen molar-refractivity contribution in [3.63, 3.8) is 0 Å². The van der Waals surface area contributed by atoms with Gasteiger partial charge in [0.25, 0.3) is 0 Å². The molecule has 70 valence electrons. The molecule has 4 nitrogen and oxygen atoms in total. The summed E-state index contributed by atoms with van der Waals surface area (Å²) in [5.41, 5.74) is 7.30. The van der Waals surface area contributed by atoms with Gasteiger partial charge in [0.15, 0.2) is 5.82 Å². The third-order valence-electron chi connectivity index (χ3n) is 1.84. The fourth-order valence-electron chi connectivity index (χ4n) is 1.13. The van der Waals surface area contributed by atoms with Crippen LogP contribution in [-0.4, -0.2) is 15.0 Å². The van der Waals surface area contributed by atoms with Crippen LogP contribution in [0.15, 0.2) is 30.6 Å². The minimum absolute atomic E-state index is 0.501. The van der Waals surface area contributed by atoms with Crippen LogP contribution in [0.3, 0.4) is 0 Å². The van der Waals surface area contributed by atoms with Gasteiger partial charge < -0.3 is 5.73 Å². The van der Waals surface area contributed by atoms with Crippen LogP contribution in [0.1, 0.15) is 5.69 Å². The fourth-order valence-corrected chi connectivity index (χ4v) is 1.13. The molecule has 0 spiro atoms. The number of nitrogen functional groups attached to an aromatic ring is 1. The third-order valence-corrected chi connectivity index (χ3v) is 1.84. The Labute approximate surface area is 81.9 Å². The van der Waals surface area contributed by atoms with Crippen LogP contribution >= 0.6 is 0 Å². The smallest absolute Gasteiger partial charge is 0.160 e. The maximum Gasteiger partial charge on any atom is 0.160 e. The Hall–Kier alpha value is -1.97. The SMILES string of the molecule is Cc1ccnc(-c2ccc(N)nc2)n1. The van der Waals surface area contributed by atoms with E-state index in [2.05, 4.69) is 15.0 Å². The van der Waals surface area contributed by atoms with E-state index in [0.717, 1.165) is 11.3 Å². The molecule has 0 aromatic carbocycles. The van der Waals surface area contributed by atoms with Gasteiger partial charge in [-0.05, 0) is 25.1 Å². The van der Waals surface area contributed by atoms with Crippen LogP contribution in [0.5, 0.6) is 0 Å². The summed E-state index contributed by atoms with van der Waals surface area (Å²) in [6.45, 7) is 1.93. The lowest BCUT2D eigenvalue weighted by atomic mass is 10.2. The second kappa shape index (κ2) is 3.41. The van der Waals surface area contributed by atoms with Gasteiger partial charge in [-0.3, -0.25) is 0 Å². The predicted octanol–water partition coefficient (Wildman–Crippen LogP) is 1.43. The van der Waals surface area contributed by atoms with E-state index in [0.29, 0.717) is 11.6 Å². The molecule has 0 saturated carbocycles. The molecule has 4 heteroatoms. The predicted molar refractivity (Wildman–Crippen MR) is 54.4 cm³/mol. The van der Waals surface area contributed by atoms with Crippen LogP contribution in [0.25, 0.3) is 11.4 Å². The molecular formula is C10H10N4. The molecule has 2 aromatic heterocycles. The first kappa shape index (κ1) is 8.62. The van der Waals surface area contributed by atoms with E-state index < -0.39 is 0 Å². The second-order valence-electron chi connectivity index (χ2n) is 2.99. The summed E-state index contributed by atoms with van der Waals surface area (Å²) in [6.07, 6.45) is 3.40. The molecule has 0 fully saturated rings. The molecule has 0 aliphatic heterocycles. The van der Waals surface area contributed by atoms with E-state index in [-0.39, 0.29) is 0 Å². The quantitative estimate of drug-likeness (QED) is 0.731. The number of aromatic nitrogens is 3. The molecule has 0 atom stereocenters. The number of hydrogen-bond donors (Lipinski definition) is 1. The lowest BCUT2D eigenvalue weighted by molar-refractivity contribution is 1.11. The topological polar surface area (TPSA) is 64.7 Å². The van der Waals surface area contributed by atoms with Crippen molar-refractivity contribution in [3.8, 4) is 11.4 Å². The molecule has 2 heterocycles. The summed E-state index contributed by atoms with van der Waals surface area (Å²) in [4.78, 5) is 12.4. The van der Waals surface area contributed by atoms with Crippen molar-refractivity contribution in [2.45, 2.75) is 6.92 Å². The Morgan fingerprint density at radius 3 is 2.64 bits per heavy atom. The van der Waals surface area contributed by atoms with E-state index in [1.54, 1.807) is 18.5 Å². The maximum absolute atomic E-state index is 5.48. The maximum atomic E-state index is 5.48. The highest BCUT2D eigenvalue weighted by atomic mass is 14.9. The Morgan fingerprint density at radius 1 is 1.14 bits per heavy atom. The molecule has 2 rings (SSSR count). The van der Waals surface area contributed by atoms with Crippen LogP contribution < -0.4 is 5.73 Å². The zero-order valence-corrected chi connectivity index (χ0v) is 7.81. The Balaban J connectivity index is 2.44. The monoisotopic (exact) mass is 186 g/mol. The van der Waals surface area contributed by atoms with Crippen LogP contribution in [0.4, 0.5) is 5.82 Å². The highest BCUT2D eigenvalue weighted by Crippen LogP contribution is 2.13. The average Bonchev–Trinajstić information content (AvgIpc) is 2.19. The Kier molecular flexibility index (Phi) is 2.10. The summed E-state index contributed by atoms with van der Waals surface area (Å²) < 4.78 is 0. The summed E-state index contributed by atoms with van der Waals surface area (Å²) in [5, 5.41) is 0. The fraction of sp³-hybridized carbons (Fsp3) is 0.100. The number of nitrogens with two attached hydrogens (primary N) is 1. The zero-order chi connectivity index (χ0) is 9.97. The van der Waals surface area contributed by atoms with E-state index in [4.69, 9.17) is 5.73 Å². The summed E-state index contributed by atoms with van der Waals surface area (Å²) in [7, 11) is 0. The van der Waals surface area contributed by atoms with Gasteiger partial charge in [0, 0.05) is 23.7 Å². The normalized spacial score (nSPS) is 10.1. The van der Waals surface area contributed by atoms with Gasteiger partial charge in [-0.25, -0.2) is 15.0 Å². The highest BCUT2D eigenvalue weighted by molar-refractivity contribution is 5.54. The molecule has 0 amide bonds. The zero-order valence-electron chi connectivity index (χ0n) is 7.81. The van der Waals surface area contributed by atoms with Crippen molar-refractivity contribution in [1.82, 2.24) is 15.0 Å². The number of hydrogen-bond acceptors (Lipinski definition) is 4. The van der Waals surface area contributed by atoms with E-state index in [9.17, 15) is 0 Å². The number of anilines is 1. The summed E-state index contributed by atoms with van der Waals surface area (Å²) in [5.74, 6) is 1.18. The van der Waals surface area contributed by atoms with Gasteiger partial charge in [0.05, 0.1) is 0 Å². The Bertz CT molecular complexity index is 436. The van der Waals surface area contributed by atoms with Crippen LogP contribution in [0, 0.1) is 6.92 Å². The Morgan fingerprint density at radius 2 is 2.00 bits per heavy atom. The molecule has 0 unspecified atom stereocenters. The van der Waals surface area contributed by atoms with Crippen molar-refractivity contribution in [2.24, 2.45) is 0 Å². The minimum Gasteiger partial charge on any atom is -0.384 e. The van der Waals surface area contributed by atoms with Gasteiger partial charge >= 0.3 is 0 Å². The van der Waals surface area contributed by atoms with Gasteiger partial charge in [0.1, 0.15) is 5.82 Å². The van der Waals surface area contributed by atoms with Gasteiger partial charge in [-0.2, -0.15) is 0 Å². The first-order chi connectivity index (χ1) is 6.75. The number of pyridine rings is 1. The average molecular weight is 186 g/mol. The van der Waals surface area contributed by atoms with E-state index >= 15 is 0 Å². The minimum atomic E-state index is 0.501. The number of aryl methyl sites for hydroxylation is 1. The first-order valence-corrected chi connectivity index (χ1v) is 4.27. The molecule has 0 saturated heterocycles. The molecule has 0 bridgehead atoms. The lowest BCUT2D eigenvalue weighted by Crippen LogP contribution is -1.93. The lowest BCUT2D eigenvalue weighted by Gasteiger charge is -2.00. The number of nitrogens with zero attached hydrogens (tertiary/aromatic N) is 3. The first-order valence-electron chi connectivity index (χ1n) is 4.27. The molecular weight excluding hydrogens is 176 g/mol. The molecule has 14 heavy (non-hydrogen) atoms. The van der Waals surface area contributed by atoms with Gasteiger partial charge in [0.2, 0.25) is 0 Å². The van der Waals surface area contributed by atoms with Crippen molar-refractivity contribution in [3.05, 3.63) is 36.3 Å². The standard InChI is InChI=1S/C10H10N4/c1-7-4-5-12-10(14-7)8-2-3-9(11)13-6-8/h2-6H,1H3,(H2,11,13). The van der Waals surface area contributed by atoms with Crippen molar-refractivity contribution >= 4 is 5.82 Å². The third kappa shape index (κ3) is 1.69. The molecule has 0 aliphatic rings. The van der Waals surface area contributed by atoms with Crippen molar-refractivity contribution in [2.75, 3.05) is 5.73 Å². The molecule has 2 aromatic rings. The summed E-state index contributed by atoms with van der Waals surface area (Å²) >= 11 is 0. The molecule has 2 N–H and O–H groups in total. The van der Waals surface area contributed by atoms with Gasteiger partial charge in [-0.15, -0.1) is 0 Å². The number of rotatable bonds is 1. The van der Waals surface area contributed by atoms with Crippen LogP contribution in [0.2, 0.25) is 0 Å².